The first-order chi connectivity index (χ1) is 6.25. The van der Waals surface area contributed by atoms with Crippen molar-refractivity contribution in [3.8, 4) is 11.4 Å². The molecule has 2 aromatic heterocycles. The summed E-state index contributed by atoms with van der Waals surface area (Å²) in [6.07, 6.45) is 3.36. The number of pyridine rings is 1. The standard InChI is InChI=1S/C7H4BrClN4/c8-5-1-4(2-10-3-5)6-11-7(9)13-12-6/h1-3H,(H,11,12,13). The van der Waals surface area contributed by atoms with Crippen LogP contribution in [0.2, 0.25) is 5.28 Å². The number of nitrogens with zero attached hydrogens (tertiary/aromatic N) is 3. The zero-order chi connectivity index (χ0) is 9.26. The Kier molecular flexibility index (Phi) is 2.28. The van der Waals surface area contributed by atoms with Gasteiger partial charge in [0, 0.05) is 22.4 Å². The molecule has 2 heterocycles. The molecule has 0 atom stereocenters. The van der Waals surface area contributed by atoms with E-state index in [4.69, 9.17) is 11.6 Å². The Balaban J connectivity index is 2.46. The summed E-state index contributed by atoms with van der Waals surface area (Å²) in [5.74, 6) is 0.541. The van der Waals surface area contributed by atoms with Crippen LogP contribution in [0.3, 0.4) is 0 Å². The first-order valence-corrected chi connectivity index (χ1v) is 4.61. The van der Waals surface area contributed by atoms with Crippen LogP contribution in [-0.2, 0) is 0 Å². The molecule has 0 aliphatic heterocycles. The van der Waals surface area contributed by atoms with Crippen molar-refractivity contribution in [2.45, 2.75) is 0 Å². The zero-order valence-corrected chi connectivity index (χ0v) is 8.67. The van der Waals surface area contributed by atoms with E-state index in [1.165, 1.54) is 0 Å². The van der Waals surface area contributed by atoms with Gasteiger partial charge in [-0.3, -0.25) is 4.98 Å². The van der Waals surface area contributed by atoms with Crippen molar-refractivity contribution in [1.82, 2.24) is 20.2 Å². The molecule has 66 valence electrons. The van der Waals surface area contributed by atoms with Gasteiger partial charge < -0.3 is 0 Å². The first-order valence-electron chi connectivity index (χ1n) is 3.44. The fourth-order valence-corrected chi connectivity index (χ4v) is 1.39. The minimum absolute atomic E-state index is 0.273. The minimum Gasteiger partial charge on any atom is -0.263 e. The second-order valence-electron chi connectivity index (χ2n) is 2.34. The molecule has 2 rings (SSSR count). The molecule has 2 aromatic rings. The van der Waals surface area contributed by atoms with Crippen LogP contribution in [0.15, 0.2) is 22.9 Å². The van der Waals surface area contributed by atoms with Crippen LogP contribution in [0, 0.1) is 0 Å². The van der Waals surface area contributed by atoms with Crippen LogP contribution in [0.25, 0.3) is 11.4 Å². The molecule has 13 heavy (non-hydrogen) atoms. The quantitative estimate of drug-likeness (QED) is 0.855. The topological polar surface area (TPSA) is 54.5 Å². The second-order valence-corrected chi connectivity index (χ2v) is 3.62. The molecule has 0 saturated heterocycles. The van der Waals surface area contributed by atoms with Crippen molar-refractivity contribution in [3.63, 3.8) is 0 Å². The molecule has 0 aliphatic rings. The van der Waals surface area contributed by atoms with E-state index in [2.05, 4.69) is 36.1 Å². The van der Waals surface area contributed by atoms with E-state index in [0.717, 1.165) is 10.0 Å². The average molecular weight is 259 g/mol. The van der Waals surface area contributed by atoms with Gasteiger partial charge in [-0.15, -0.1) is 0 Å². The minimum atomic E-state index is 0.273. The highest BCUT2D eigenvalue weighted by Crippen LogP contribution is 2.18. The number of hydrogen-bond donors (Lipinski definition) is 1. The molecule has 6 heteroatoms. The Hall–Kier alpha value is -0.940. The Labute approximate surface area is 87.5 Å². The zero-order valence-electron chi connectivity index (χ0n) is 6.33. The average Bonchev–Trinajstić information content (AvgIpc) is 2.52. The lowest BCUT2D eigenvalue weighted by molar-refractivity contribution is 1.09. The van der Waals surface area contributed by atoms with Gasteiger partial charge in [-0.1, -0.05) is 0 Å². The van der Waals surface area contributed by atoms with Crippen LogP contribution in [0.1, 0.15) is 0 Å². The lowest BCUT2D eigenvalue weighted by Crippen LogP contribution is -1.82. The van der Waals surface area contributed by atoms with E-state index < -0.39 is 0 Å². The molecule has 0 amide bonds. The van der Waals surface area contributed by atoms with Gasteiger partial charge >= 0.3 is 0 Å². The largest absolute Gasteiger partial charge is 0.263 e. The van der Waals surface area contributed by atoms with E-state index in [1.54, 1.807) is 12.4 Å². The van der Waals surface area contributed by atoms with E-state index in [9.17, 15) is 0 Å². The maximum absolute atomic E-state index is 5.59. The van der Waals surface area contributed by atoms with Crippen molar-refractivity contribution >= 4 is 27.5 Å². The molecule has 0 saturated carbocycles. The summed E-state index contributed by atoms with van der Waals surface area (Å²) in [5.41, 5.74) is 0.817. The lowest BCUT2D eigenvalue weighted by Gasteiger charge is -1.93. The normalized spacial score (nSPS) is 10.3. The molecule has 0 unspecified atom stereocenters. The number of nitrogens with one attached hydrogen (secondary N) is 1. The molecular weight excluding hydrogens is 255 g/mol. The van der Waals surface area contributed by atoms with Gasteiger partial charge in [0.05, 0.1) is 0 Å². The Morgan fingerprint density at radius 3 is 2.85 bits per heavy atom. The molecule has 1 N–H and O–H groups in total. The Morgan fingerprint density at radius 2 is 2.23 bits per heavy atom. The predicted molar refractivity (Wildman–Crippen MR) is 52.3 cm³/mol. The number of aromatic nitrogens is 4. The molecule has 0 aliphatic carbocycles. The van der Waals surface area contributed by atoms with Gasteiger partial charge in [-0.2, -0.15) is 10.1 Å². The highest BCUT2D eigenvalue weighted by atomic mass is 79.9. The molecular formula is C7H4BrClN4. The van der Waals surface area contributed by atoms with E-state index in [0.29, 0.717) is 5.82 Å². The fourth-order valence-electron chi connectivity index (χ4n) is 0.905. The van der Waals surface area contributed by atoms with Gasteiger partial charge in [-0.25, -0.2) is 5.10 Å². The summed E-state index contributed by atoms with van der Waals surface area (Å²) in [5, 5.41) is 6.72. The number of rotatable bonds is 1. The van der Waals surface area contributed by atoms with Gasteiger partial charge in [0.25, 0.3) is 0 Å². The predicted octanol–water partition coefficient (Wildman–Crippen LogP) is 2.28. The summed E-state index contributed by atoms with van der Waals surface area (Å²) in [6.45, 7) is 0. The molecule has 0 bridgehead atoms. The van der Waals surface area contributed by atoms with Crippen molar-refractivity contribution in [1.29, 1.82) is 0 Å². The maximum Gasteiger partial charge on any atom is 0.218 e. The third kappa shape index (κ3) is 1.87. The van der Waals surface area contributed by atoms with Crippen molar-refractivity contribution < 1.29 is 0 Å². The summed E-state index contributed by atoms with van der Waals surface area (Å²) in [4.78, 5) is 7.95. The van der Waals surface area contributed by atoms with Crippen molar-refractivity contribution in [3.05, 3.63) is 28.2 Å². The van der Waals surface area contributed by atoms with E-state index >= 15 is 0 Å². The molecule has 4 nitrogen and oxygen atoms in total. The number of halogens is 2. The van der Waals surface area contributed by atoms with Crippen LogP contribution >= 0.6 is 27.5 Å². The van der Waals surface area contributed by atoms with Gasteiger partial charge in [0.1, 0.15) is 0 Å². The SMILES string of the molecule is Clc1nc(-c2cncc(Br)c2)n[nH]1. The second kappa shape index (κ2) is 3.43. The summed E-state index contributed by atoms with van der Waals surface area (Å²) in [7, 11) is 0. The summed E-state index contributed by atoms with van der Waals surface area (Å²) >= 11 is 8.89. The van der Waals surface area contributed by atoms with Crippen LogP contribution in [0.5, 0.6) is 0 Å². The van der Waals surface area contributed by atoms with Gasteiger partial charge in [-0.05, 0) is 33.6 Å². The monoisotopic (exact) mass is 258 g/mol. The maximum atomic E-state index is 5.59. The molecule has 0 aromatic carbocycles. The lowest BCUT2D eigenvalue weighted by atomic mass is 10.3. The van der Waals surface area contributed by atoms with Gasteiger partial charge in [0.15, 0.2) is 5.82 Å². The van der Waals surface area contributed by atoms with Gasteiger partial charge in [0.2, 0.25) is 5.28 Å². The molecule has 0 radical (unpaired) electrons. The highest BCUT2D eigenvalue weighted by Gasteiger charge is 2.04. The smallest absolute Gasteiger partial charge is 0.218 e. The Bertz CT molecular complexity index is 428. The Morgan fingerprint density at radius 1 is 1.38 bits per heavy atom. The molecule has 0 spiro atoms. The van der Waals surface area contributed by atoms with E-state index in [-0.39, 0.29) is 5.28 Å². The number of hydrogen-bond acceptors (Lipinski definition) is 3. The fraction of sp³-hybridized carbons (Fsp3) is 0. The van der Waals surface area contributed by atoms with E-state index in [1.807, 2.05) is 6.07 Å². The number of H-pyrrole nitrogens is 1. The van der Waals surface area contributed by atoms with Crippen LogP contribution < -0.4 is 0 Å². The highest BCUT2D eigenvalue weighted by molar-refractivity contribution is 9.10. The first kappa shape index (κ1) is 8.65. The van der Waals surface area contributed by atoms with Crippen molar-refractivity contribution in [2.24, 2.45) is 0 Å². The molecule has 0 fully saturated rings. The van der Waals surface area contributed by atoms with Crippen LogP contribution in [-0.4, -0.2) is 20.2 Å². The third-order valence-electron chi connectivity index (χ3n) is 1.42. The third-order valence-corrected chi connectivity index (χ3v) is 2.02. The van der Waals surface area contributed by atoms with Crippen molar-refractivity contribution in [2.75, 3.05) is 0 Å². The summed E-state index contributed by atoms with van der Waals surface area (Å²) < 4.78 is 0.880. The number of aromatic amines is 1. The summed E-state index contributed by atoms with van der Waals surface area (Å²) in [6, 6.07) is 1.87. The van der Waals surface area contributed by atoms with Crippen LogP contribution in [0.4, 0.5) is 0 Å².